The van der Waals surface area contributed by atoms with E-state index in [-0.39, 0.29) is 0 Å². The first-order valence-corrected chi connectivity index (χ1v) is 8.33. The molecule has 0 spiro atoms. The summed E-state index contributed by atoms with van der Waals surface area (Å²) in [5, 5.41) is 0. The van der Waals surface area contributed by atoms with Gasteiger partial charge >= 0.3 is 0 Å². The zero-order valence-electron chi connectivity index (χ0n) is 13.7. The third-order valence-corrected chi connectivity index (χ3v) is 4.68. The van der Waals surface area contributed by atoms with Gasteiger partial charge in [0.2, 0.25) is 0 Å². The fourth-order valence-electron chi connectivity index (χ4n) is 3.56. The van der Waals surface area contributed by atoms with Gasteiger partial charge in [-0.25, -0.2) is 0 Å². The van der Waals surface area contributed by atoms with Crippen molar-refractivity contribution in [1.82, 2.24) is 0 Å². The van der Waals surface area contributed by atoms with Crippen LogP contribution in [0.2, 0.25) is 0 Å². The minimum atomic E-state index is 1.02. The summed E-state index contributed by atoms with van der Waals surface area (Å²) >= 11 is 0. The third kappa shape index (κ3) is 2.33. The van der Waals surface area contributed by atoms with Gasteiger partial charge in [-0.15, -0.1) is 0 Å². The lowest BCUT2D eigenvalue weighted by Crippen LogP contribution is -2.20. The van der Waals surface area contributed by atoms with Gasteiger partial charge in [-0.3, -0.25) is 0 Å². The van der Waals surface area contributed by atoms with Crippen LogP contribution in [0.5, 0.6) is 0 Å². The van der Waals surface area contributed by atoms with Crippen molar-refractivity contribution < 1.29 is 0 Å². The van der Waals surface area contributed by atoms with Gasteiger partial charge in [0.05, 0.1) is 5.69 Å². The van der Waals surface area contributed by atoms with E-state index in [9.17, 15) is 0 Å². The molecule has 114 valence electrons. The summed E-state index contributed by atoms with van der Waals surface area (Å²) in [6.45, 7) is 4.41. The number of anilines is 3. The zero-order chi connectivity index (χ0) is 15.8. The molecule has 0 amide bonds. The molecule has 0 saturated carbocycles. The Morgan fingerprint density at radius 2 is 1.70 bits per heavy atom. The number of rotatable bonds is 2. The number of hydrogen-bond donors (Lipinski definition) is 0. The van der Waals surface area contributed by atoms with E-state index in [1.165, 1.54) is 39.3 Å². The highest BCUT2D eigenvalue weighted by Crippen LogP contribution is 2.45. The molecule has 1 aliphatic heterocycles. The van der Waals surface area contributed by atoms with Crippen molar-refractivity contribution >= 4 is 17.1 Å². The van der Waals surface area contributed by atoms with Crippen LogP contribution in [0.3, 0.4) is 0 Å². The maximum atomic E-state index is 2.44. The molecule has 4 rings (SSSR count). The Labute approximate surface area is 138 Å². The van der Waals surface area contributed by atoms with Gasteiger partial charge in [0.1, 0.15) is 0 Å². The summed E-state index contributed by atoms with van der Waals surface area (Å²) in [5.74, 6) is 0. The minimum Gasteiger partial charge on any atom is -0.310 e. The van der Waals surface area contributed by atoms with Gasteiger partial charge in [0, 0.05) is 17.8 Å². The smallest absolute Gasteiger partial charge is 0.0528 e. The molecule has 0 aromatic heterocycles. The van der Waals surface area contributed by atoms with Gasteiger partial charge in [0.15, 0.2) is 0 Å². The van der Waals surface area contributed by atoms with E-state index in [2.05, 4.69) is 85.5 Å². The highest BCUT2D eigenvalue weighted by molar-refractivity contribution is 5.85. The van der Waals surface area contributed by atoms with Crippen LogP contribution in [0.25, 0.3) is 0 Å². The first-order chi connectivity index (χ1) is 11.3. The average molecular weight is 299 g/mol. The van der Waals surface area contributed by atoms with Gasteiger partial charge in [-0.2, -0.15) is 0 Å². The van der Waals surface area contributed by atoms with E-state index in [4.69, 9.17) is 0 Å². The van der Waals surface area contributed by atoms with Crippen molar-refractivity contribution in [2.24, 2.45) is 0 Å². The molecule has 0 bridgehead atoms. The summed E-state index contributed by atoms with van der Waals surface area (Å²) in [6, 6.07) is 24.3. The number of para-hydroxylation sites is 2. The second-order valence-corrected chi connectivity index (χ2v) is 6.26. The van der Waals surface area contributed by atoms with Crippen LogP contribution in [-0.4, -0.2) is 0 Å². The van der Waals surface area contributed by atoms with Crippen molar-refractivity contribution in [3.63, 3.8) is 0 Å². The van der Waals surface area contributed by atoms with Crippen molar-refractivity contribution in [1.29, 1.82) is 0 Å². The molecule has 0 atom stereocenters. The Morgan fingerprint density at radius 3 is 2.48 bits per heavy atom. The quantitative estimate of drug-likeness (QED) is 0.443. The number of hydrogen-bond acceptors (Lipinski definition) is 1. The van der Waals surface area contributed by atoms with Crippen LogP contribution in [-0.2, 0) is 12.8 Å². The van der Waals surface area contributed by atoms with E-state index in [1.54, 1.807) is 0 Å². The number of aryl methyl sites for hydroxylation is 2. The van der Waals surface area contributed by atoms with E-state index < -0.39 is 0 Å². The largest absolute Gasteiger partial charge is 0.310 e. The Morgan fingerprint density at radius 1 is 0.870 bits per heavy atom. The molecule has 3 aromatic rings. The topological polar surface area (TPSA) is 3.24 Å². The number of nitrogens with zero attached hydrogens (tertiary/aromatic N) is 1. The van der Waals surface area contributed by atoms with Crippen LogP contribution < -0.4 is 4.90 Å². The minimum absolute atomic E-state index is 1.02. The molecule has 0 saturated heterocycles. The van der Waals surface area contributed by atoms with Gasteiger partial charge in [0.25, 0.3) is 0 Å². The van der Waals surface area contributed by atoms with Crippen LogP contribution in [0.15, 0.2) is 66.7 Å². The van der Waals surface area contributed by atoms with Crippen molar-refractivity contribution in [2.45, 2.75) is 26.7 Å². The SMILES string of the molecule is CCc1cccc2c1N(c1ccccc1)c1cc(C)ccc1C2. The second-order valence-electron chi connectivity index (χ2n) is 6.26. The summed E-state index contributed by atoms with van der Waals surface area (Å²) in [4.78, 5) is 2.44. The maximum Gasteiger partial charge on any atom is 0.0528 e. The summed E-state index contributed by atoms with van der Waals surface area (Å²) in [7, 11) is 0. The van der Waals surface area contributed by atoms with Gasteiger partial charge in [-0.05, 0) is 53.8 Å². The van der Waals surface area contributed by atoms with Crippen LogP contribution in [0, 0.1) is 6.92 Å². The Balaban J connectivity index is 2.01. The number of benzene rings is 3. The summed E-state index contributed by atoms with van der Waals surface area (Å²) < 4.78 is 0. The lowest BCUT2D eigenvalue weighted by Gasteiger charge is -2.35. The van der Waals surface area contributed by atoms with E-state index >= 15 is 0 Å². The van der Waals surface area contributed by atoms with Crippen LogP contribution in [0.4, 0.5) is 17.1 Å². The van der Waals surface area contributed by atoms with E-state index in [0.29, 0.717) is 0 Å². The van der Waals surface area contributed by atoms with Crippen molar-refractivity contribution in [3.05, 3.63) is 89.0 Å². The molecule has 0 fully saturated rings. The molecule has 0 unspecified atom stereocenters. The molecular weight excluding hydrogens is 278 g/mol. The predicted octanol–water partition coefficient (Wildman–Crippen LogP) is 5.93. The molecule has 0 aliphatic carbocycles. The van der Waals surface area contributed by atoms with E-state index in [1.807, 2.05) is 0 Å². The molecule has 3 aromatic carbocycles. The third-order valence-electron chi connectivity index (χ3n) is 4.68. The molecule has 1 nitrogen and oxygen atoms in total. The second kappa shape index (κ2) is 5.58. The fourth-order valence-corrected chi connectivity index (χ4v) is 3.56. The predicted molar refractivity (Wildman–Crippen MR) is 98.0 cm³/mol. The number of fused-ring (bicyclic) bond motifs is 2. The first-order valence-electron chi connectivity index (χ1n) is 8.33. The lowest BCUT2D eigenvalue weighted by molar-refractivity contribution is 1.04. The fraction of sp³-hybridized carbons (Fsp3) is 0.182. The molecule has 0 N–H and O–H groups in total. The van der Waals surface area contributed by atoms with Crippen LogP contribution >= 0.6 is 0 Å². The Hall–Kier alpha value is -2.54. The molecule has 1 heteroatoms. The molecule has 23 heavy (non-hydrogen) atoms. The lowest BCUT2D eigenvalue weighted by atomic mass is 9.91. The standard InChI is InChI=1S/C22H21N/c1-3-17-8-7-9-19-15-18-13-12-16(2)14-21(18)23(22(17)19)20-10-5-4-6-11-20/h4-14H,3,15H2,1-2H3. The van der Waals surface area contributed by atoms with Crippen molar-refractivity contribution in [2.75, 3.05) is 4.90 Å². The zero-order valence-corrected chi connectivity index (χ0v) is 13.7. The van der Waals surface area contributed by atoms with Crippen molar-refractivity contribution in [3.8, 4) is 0 Å². The highest BCUT2D eigenvalue weighted by atomic mass is 15.2. The summed E-state index contributed by atoms with van der Waals surface area (Å²) in [6.07, 6.45) is 2.07. The summed E-state index contributed by atoms with van der Waals surface area (Å²) in [5.41, 5.74) is 9.48. The van der Waals surface area contributed by atoms with E-state index in [0.717, 1.165) is 12.8 Å². The van der Waals surface area contributed by atoms with Gasteiger partial charge < -0.3 is 4.90 Å². The molecule has 1 heterocycles. The first kappa shape index (κ1) is 14.1. The Kier molecular flexibility index (Phi) is 3.42. The molecule has 1 aliphatic rings. The van der Waals surface area contributed by atoms with Crippen LogP contribution in [0.1, 0.15) is 29.2 Å². The normalized spacial score (nSPS) is 12.7. The van der Waals surface area contributed by atoms with Gasteiger partial charge in [-0.1, -0.05) is 55.5 Å². The highest BCUT2D eigenvalue weighted by Gasteiger charge is 2.25. The maximum absolute atomic E-state index is 2.44. The average Bonchev–Trinajstić information content (AvgIpc) is 2.60. The monoisotopic (exact) mass is 299 g/mol. The Bertz CT molecular complexity index is 849. The molecular formula is C22H21N. The molecule has 0 radical (unpaired) electrons.